The summed E-state index contributed by atoms with van der Waals surface area (Å²) in [5, 5.41) is 12.9. The van der Waals surface area contributed by atoms with Gasteiger partial charge in [0, 0.05) is 11.3 Å². The minimum absolute atomic E-state index is 0.0350. The average Bonchev–Trinajstić information content (AvgIpc) is 3.04. The van der Waals surface area contributed by atoms with Crippen molar-refractivity contribution >= 4 is 5.91 Å². The standard InChI is InChI=1S/C19H21NO3/c21-16(17-8-4-10-23-17)12-20-18(22)15-11-19(15)9-3-6-13-5-1-2-7-14(13)19/h1-2,4-5,7-8,10,15-16,21H,3,6,9,11-12H2,(H,20,22). The third-order valence-electron chi connectivity index (χ3n) is 5.36. The summed E-state index contributed by atoms with van der Waals surface area (Å²) in [7, 11) is 0. The van der Waals surface area contributed by atoms with Crippen LogP contribution in [0.3, 0.4) is 0 Å². The Morgan fingerprint density at radius 1 is 1.35 bits per heavy atom. The van der Waals surface area contributed by atoms with E-state index in [4.69, 9.17) is 4.42 Å². The van der Waals surface area contributed by atoms with Gasteiger partial charge in [-0.25, -0.2) is 0 Å². The fourth-order valence-electron chi connectivity index (χ4n) is 4.08. The molecule has 3 unspecified atom stereocenters. The highest BCUT2D eigenvalue weighted by atomic mass is 16.4. The summed E-state index contributed by atoms with van der Waals surface area (Å²) < 4.78 is 5.16. The number of carbonyl (C=O) groups excluding carboxylic acids is 1. The summed E-state index contributed by atoms with van der Waals surface area (Å²) in [6, 6.07) is 12.0. The van der Waals surface area contributed by atoms with Gasteiger partial charge < -0.3 is 14.8 Å². The van der Waals surface area contributed by atoms with Crippen molar-refractivity contribution in [1.29, 1.82) is 0 Å². The topological polar surface area (TPSA) is 62.5 Å². The van der Waals surface area contributed by atoms with Crippen LogP contribution >= 0.6 is 0 Å². The Balaban J connectivity index is 1.42. The van der Waals surface area contributed by atoms with Gasteiger partial charge in [0.15, 0.2) is 0 Å². The second kappa shape index (κ2) is 5.53. The quantitative estimate of drug-likeness (QED) is 0.912. The molecule has 0 bridgehead atoms. The van der Waals surface area contributed by atoms with Crippen LogP contribution in [0.4, 0.5) is 0 Å². The molecule has 4 heteroatoms. The number of furan rings is 1. The monoisotopic (exact) mass is 311 g/mol. The number of aliphatic hydroxyl groups is 1. The number of nitrogens with one attached hydrogen (secondary N) is 1. The summed E-state index contributed by atoms with van der Waals surface area (Å²) in [4.78, 5) is 12.5. The second-order valence-electron chi connectivity index (χ2n) is 6.70. The second-order valence-corrected chi connectivity index (χ2v) is 6.70. The third-order valence-corrected chi connectivity index (χ3v) is 5.36. The number of rotatable bonds is 4. The van der Waals surface area contributed by atoms with Gasteiger partial charge in [-0.15, -0.1) is 0 Å². The van der Waals surface area contributed by atoms with Crippen LogP contribution in [0.1, 0.15) is 42.3 Å². The van der Waals surface area contributed by atoms with Crippen molar-refractivity contribution in [2.75, 3.05) is 6.54 Å². The lowest BCUT2D eigenvalue weighted by Gasteiger charge is -2.26. The van der Waals surface area contributed by atoms with E-state index in [1.165, 1.54) is 17.4 Å². The number of aliphatic hydroxyl groups excluding tert-OH is 1. The van der Waals surface area contributed by atoms with E-state index in [1.807, 2.05) is 0 Å². The van der Waals surface area contributed by atoms with E-state index >= 15 is 0 Å². The lowest BCUT2D eigenvalue weighted by molar-refractivity contribution is -0.123. The van der Waals surface area contributed by atoms with Gasteiger partial charge in [0.1, 0.15) is 11.9 Å². The molecule has 0 radical (unpaired) electrons. The van der Waals surface area contributed by atoms with Crippen LogP contribution in [0.25, 0.3) is 0 Å². The molecule has 1 heterocycles. The van der Waals surface area contributed by atoms with Crippen molar-refractivity contribution in [3.63, 3.8) is 0 Å². The summed E-state index contributed by atoms with van der Waals surface area (Å²) in [6.45, 7) is 0.195. The number of aryl methyl sites for hydroxylation is 1. The molecule has 4 nitrogen and oxygen atoms in total. The van der Waals surface area contributed by atoms with Crippen molar-refractivity contribution in [3.05, 3.63) is 59.5 Å². The van der Waals surface area contributed by atoms with Crippen molar-refractivity contribution in [3.8, 4) is 0 Å². The highest BCUT2D eigenvalue weighted by molar-refractivity contribution is 5.84. The van der Waals surface area contributed by atoms with Gasteiger partial charge in [-0.1, -0.05) is 24.3 Å². The summed E-state index contributed by atoms with van der Waals surface area (Å²) in [5.41, 5.74) is 2.79. The third kappa shape index (κ3) is 2.47. The van der Waals surface area contributed by atoms with Gasteiger partial charge in [-0.3, -0.25) is 4.79 Å². The average molecular weight is 311 g/mol. The molecule has 23 heavy (non-hydrogen) atoms. The Labute approximate surface area is 135 Å². The van der Waals surface area contributed by atoms with Gasteiger partial charge in [0.2, 0.25) is 5.91 Å². The van der Waals surface area contributed by atoms with Gasteiger partial charge in [-0.2, -0.15) is 0 Å². The van der Waals surface area contributed by atoms with Crippen LogP contribution < -0.4 is 5.32 Å². The molecule has 120 valence electrons. The highest BCUT2D eigenvalue weighted by Gasteiger charge is 2.59. The van der Waals surface area contributed by atoms with Crippen LogP contribution in [0.5, 0.6) is 0 Å². The number of fused-ring (bicyclic) bond motifs is 2. The molecule has 4 rings (SSSR count). The lowest BCUT2D eigenvalue weighted by atomic mass is 9.78. The van der Waals surface area contributed by atoms with Crippen LogP contribution in [-0.2, 0) is 16.6 Å². The first-order valence-electron chi connectivity index (χ1n) is 8.28. The minimum Gasteiger partial charge on any atom is -0.467 e. The Morgan fingerprint density at radius 2 is 2.22 bits per heavy atom. The van der Waals surface area contributed by atoms with E-state index in [0.717, 1.165) is 25.7 Å². The van der Waals surface area contributed by atoms with E-state index in [0.29, 0.717) is 5.76 Å². The zero-order valence-corrected chi connectivity index (χ0v) is 13.0. The van der Waals surface area contributed by atoms with Gasteiger partial charge in [-0.05, 0) is 48.9 Å². The van der Waals surface area contributed by atoms with Crippen LogP contribution in [-0.4, -0.2) is 17.6 Å². The molecule has 0 saturated heterocycles. The summed E-state index contributed by atoms with van der Waals surface area (Å²) >= 11 is 0. The van der Waals surface area contributed by atoms with Crippen LogP contribution in [0.15, 0.2) is 47.1 Å². The SMILES string of the molecule is O=C(NCC(O)c1ccco1)C1CC12CCCc1ccccc12. The Morgan fingerprint density at radius 3 is 3.04 bits per heavy atom. The van der Waals surface area contributed by atoms with Crippen molar-refractivity contribution in [2.45, 2.75) is 37.2 Å². The Kier molecular flexibility index (Phi) is 3.49. The number of hydrogen-bond acceptors (Lipinski definition) is 3. The molecule has 1 aromatic carbocycles. The van der Waals surface area contributed by atoms with Crippen molar-refractivity contribution in [2.24, 2.45) is 5.92 Å². The minimum atomic E-state index is -0.790. The van der Waals surface area contributed by atoms with E-state index in [-0.39, 0.29) is 23.8 Å². The Hall–Kier alpha value is -2.07. The summed E-state index contributed by atoms with van der Waals surface area (Å²) in [6.07, 6.45) is 5.01. The normalized spacial score (nSPS) is 26.6. The molecule has 0 aliphatic heterocycles. The fraction of sp³-hybridized carbons (Fsp3) is 0.421. The maximum absolute atomic E-state index is 12.5. The molecule has 2 N–H and O–H groups in total. The zero-order chi connectivity index (χ0) is 15.9. The van der Waals surface area contributed by atoms with E-state index in [1.54, 1.807) is 12.1 Å². The first kappa shape index (κ1) is 14.5. The Bertz CT molecular complexity index is 709. The number of carbonyl (C=O) groups is 1. The van der Waals surface area contributed by atoms with E-state index in [2.05, 4.69) is 29.6 Å². The first-order chi connectivity index (χ1) is 11.2. The highest BCUT2D eigenvalue weighted by Crippen LogP contribution is 2.60. The predicted molar refractivity (Wildman–Crippen MR) is 85.8 cm³/mol. The molecule has 1 saturated carbocycles. The van der Waals surface area contributed by atoms with Crippen LogP contribution in [0.2, 0.25) is 0 Å². The van der Waals surface area contributed by atoms with Crippen molar-refractivity contribution < 1.29 is 14.3 Å². The number of benzene rings is 1. The maximum atomic E-state index is 12.5. The van der Waals surface area contributed by atoms with Crippen molar-refractivity contribution in [1.82, 2.24) is 5.32 Å². The van der Waals surface area contributed by atoms with Gasteiger partial charge >= 0.3 is 0 Å². The molecule has 1 spiro atoms. The smallest absolute Gasteiger partial charge is 0.224 e. The fourth-order valence-corrected chi connectivity index (χ4v) is 4.08. The molecule has 2 aromatic rings. The first-order valence-corrected chi connectivity index (χ1v) is 8.28. The zero-order valence-electron chi connectivity index (χ0n) is 13.0. The predicted octanol–water partition coefficient (Wildman–Crippen LogP) is 2.72. The molecule has 2 aliphatic rings. The largest absolute Gasteiger partial charge is 0.467 e. The molecular formula is C19H21NO3. The molecule has 1 fully saturated rings. The molecular weight excluding hydrogens is 290 g/mol. The molecule has 2 aliphatic carbocycles. The summed E-state index contributed by atoms with van der Waals surface area (Å²) in [5.74, 6) is 0.568. The van der Waals surface area contributed by atoms with E-state index in [9.17, 15) is 9.90 Å². The van der Waals surface area contributed by atoms with Gasteiger partial charge in [0.05, 0.1) is 12.8 Å². The molecule has 1 amide bonds. The number of hydrogen-bond donors (Lipinski definition) is 2. The lowest BCUT2D eigenvalue weighted by Crippen LogP contribution is -2.32. The van der Waals surface area contributed by atoms with Crippen LogP contribution in [0, 0.1) is 5.92 Å². The molecule has 3 atom stereocenters. The van der Waals surface area contributed by atoms with Gasteiger partial charge in [0.25, 0.3) is 0 Å². The van der Waals surface area contributed by atoms with E-state index < -0.39 is 6.10 Å². The molecule has 1 aromatic heterocycles. The maximum Gasteiger partial charge on any atom is 0.224 e. The number of amides is 1.